The van der Waals surface area contributed by atoms with Gasteiger partial charge < -0.3 is 20.4 Å². The van der Waals surface area contributed by atoms with Gasteiger partial charge in [-0.25, -0.2) is 9.97 Å². The maximum Gasteiger partial charge on any atom is 0.257 e. The summed E-state index contributed by atoms with van der Waals surface area (Å²) < 4.78 is 0. The Bertz CT molecular complexity index is 1450. The van der Waals surface area contributed by atoms with Gasteiger partial charge in [0.2, 0.25) is 0 Å². The minimum Gasteiger partial charge on any atom is -0.368 e. The van der Waals surface area contributed by atoms with Gasteiger partial charge in [0.05, 0.1) is 16.8 Å². The average Bonchev–Trinajstić information content (AvgIpc) is 3.24. The average molecular weight is 633 g/mol. The number of carbonyl (C=O) groups excluding carboxylic acids is 1. The highest BCUT2D eigenvalue weighted by Crippen LogP contribution is 2.43. The molecule has 0 spiro atoms. The molecular formula is C37H56N6OS. The van der Waals surface area contributed by atoms with E-state index in [4.69, 9.17) is 0 Å². The van der Waals surface area contributed by atoms with Crippen LogP contribution in [0.2, 0.25) is 0 Å². The Kier molecular flexibility index (Phi) is 12.1. The number of aromatic nitrogens is 2. The number of hydrogen-bond acceptors (Lipinski definition) is 7. The minimum atomic E-state index is 0. The molecule has 7 nitrogen and oxygen atoms in total. The molecule has 0 aliphatic carbocycles. The van der Waals surface area contributed by atoms with E-state index in [2.05, 4.69) is 108 Å². The molecule has 1 aromatic carbocycles. The normalized spacial score (nSPS) is 19.1. The molecule has 4 heterocycles. The number of anilines is 3. The van der Waals surface area contributed by atoms with Crippen LogP contribution in [0.25, 0.3) is 11.1 Å². The summed E-state index contributed by atoms with van der Waals surface area (Å²) in [5.41, 5.74) is 5.76. The van der Waals surface area contributed by atoms with Gasteiger partial charge in [-0.2, -0.15) is 0 Å². The fourth-order valence-electron chi connectivity index (χ4n) is 5.96. The van der Waals surface area contributed by atoms with E-state index in [-0.39, 0.29) is 14.2 Å². The molecule has 45 heavy (non-hydrogen) atoms. The lowest BCUT2D eigenvalue weighted by atomic mass is 9.83. The van der Waals surface area contributed by atoms with E-state index in [1.165, 1.54) is 0 Å². The number of rotatable bonds is 7. The summed E-state index contributed by atoms with van der Waals surface area (Å²) in [4.78, 5) is 27.9. The Morgan fingerprint density at radius 3 is 2.40 bits per heavy atom. The molecule has 2 N–H and O–H groups in total. The number of amides is 1. The molecule has 1 fully saturated rings. The zero-order chi connectivity index (χ0) is 32.6. The first-order valence-electron chi connectivity index (χ1n) is 16.4. The summed E-state index contributed by atoms with van der Waals surface area (Å²) in [5, 5.41) is 6.96. The van der Waals surface area contributed by atoms with Crippen molar-refractivity contribution in [1.82, 2.24) is 20.2 Å². The van der Waals surface area contributed by atoms with E-state index >= 15 is 0 Å². The summed E-state index contributed by atoms with van der Waals surface area (Å²) >= 11 is 1.75. The number of nitrogens with one attached hydrogen (secondary N) is 2. The van der Waals surface area contributed by atoms with Gasteiger partial charge in [0.15, 0.2) is 0 Å². The first-order valence-corrected chi connectivity index (χ1v) is 17.3. The third kappa shape index (κ3) is 9.33. The lowest BCUT2D eigenvalue weighted by Crippen LogP contribution is -2.44. The molecule has 5 rings (SSSR count). The van der Waals surface area contributed by atoms with Crippen LogP contribution in [0.4, 0.5) is 17.3 Å². The lowest BCUT2D eigenvalue weighted by molar-refractivity contribution is -0.117. The summed E-state index contributed by atoms with van der Waals surface area (Å²) in [6.45, 7) is 19.9. The molecule has 8 heteroatoms. The topological polar surface area (TPSA) is 73.4 Å². The van der Waals surface area contributed by atoms with Crippen LogP contribution in [-0.4, -0.2) is 59.3 Å². The van der Waals surface area contributed by atoms with Crippen molar-refractivity contribution in [2.45, 2.75) is 73.1 Å². The van der Waals surface area contributed by atoms with E-state index < -0.39 is 0 Å². The predicted octanol–water partition coefficient (Wildman–Crippen LogP) is 8.54. The third-order valence-electron chi connectivity index (χ3n) is 8.55. The minimum absolute atomic E-state index is 0. The zero-order valence-electron chi connectivity index (χ0n) is 28.5. The van der Waals surface area contributed by atoms with Crippen LogP contribution < -0.4 is 15.5 Å². The third-order valence-corrected chi connectivity index (χ3v) is 10.6. The summed E-state index contributed by atoms with van der Waals surface area (Å²) in [6.07, 6.45) is 7.97. The highest BCUT2D eigenvalue weighted by Gasteiger charge is 2.33. The van der Waals surface area contributed by atoms with Gasteiger partial charge in [-0.05, 0) is 84.7 Å². The Morgan fingerprint density at radius 1 is 1.00 bits per heavy atom. The van der Waals surface area contributed by atoms with Gasteiger partial charge in [-0.1, -0.05) is 65.8 Å². The molecule has 2 unspecified atom stereocenters. The number of allylic oxidation sites excluding steroid dienone is 1. The zero-order valence-corrected chi connectivity index (χ0v) is 29.3. The molecule has 0 radical (unpaired) electrons. The van der Waals surface area contributed by atoms with Crippen LogP contribution in [-0.2, 0) is 11.3 Å². The van der Waals surface area contributed by atoms with Crippen LogP contribution in [0, 0.1) is 18.3 Å². The van der Waals surface area contributed by atoms with Crippen LogP contribution in [0.3, 0.4) is 0 Å². The molecule has 0 bridgehead atoms. The fraction of sp³-hybridized carbons (Fsp3) is 0.486. The van der Waals surface area contributed by atoms with Crippen LogP contribution in [0.5, 0.6) is 0 Å². The van der Waals surface area contributed by atoms with Crippen molar-refractivity contribution in [2.75, 3.05) is 43.4 Å². The van der Waals surface area contributed by atoms with Crippen molar-refractivity contribution in [3.8, 4) is 11.1 Å². The van der Waals surface area contributed by atoms with Crippen molar-refractivity contribution in [1.29, 1.82) is 0 Å². The molecule has 2 aromatic heterocycles. The largest absolute Gasteiger partial charge is 0.368 e. The van der Waals surface area contributed by atoms with Crippen molar-refractivity contribution in [3.63, 3.8) is 0 Å². The van der Waals surface area contributed by atoms with E-state index in [0.717, 1.165) is 83.5 Å². The molecular weight excluding hydrogens is 577 g/mol. The monoisotopic (exact) mass is 632 g/mol. The standard InChI is InChI=1S/C35H46N6OS.C2H6.2H2/c1-24-8-7-9-30(43-33(24)35(3,4)5)34(42)38-22-28-11-10-26(20-25(28)2)27-14-15-36-32(21-27)39-31-13-12-29(23-37-31)41-18-16-40(6)17-19-41;1-2;;/h9-15,20-21,23-24,33H,7-8,16-19,22H2,1-6H3,(H,38,42)(H,36,37,39);1-2H3;2*1H. The first-order chi connectivity index (χ1) is 21.6. The SMILES string of the molecule is CC.Cc1cc(-c2ccnc(Nc3ccc(N4CCN(C)CC4)cn3)c2)ccc1CNC(=O)C1=CCCC(C)C(C(C)(C)C)S1.[HH].[HH]. The highest BCUT2D eigenvalue weighted by atomic mass is 32.2. The second-order valence-corrected chi connectivity index (χ2v) is 14.3. The molecule has 0 saturated carbocycles. The number of likely N-dealkylation sites (N-methyl/N-ethyl adjacent to an activating group) is 1. The van der Waals surface area contributed by atoms with Gasteiger partial charge >= 0.3 is 0 Å². The molecule has 2 aliphatic rings. The Hall–Kier alpha value is -3.36. The number of hydrogen-bond donors (Lipinski definition) is 2. The van der Waals surface area contributed by atoms with Gasteiger partial charge in [0, 0.05) is 47.0 Å². The molecule has 1 saturated heterocycles. The Labute approximate surface area is 278 Å². The van der Waals surface area contributed by atoms with E-state index in [1.54, 1.807) is 11.8 Å². The molecule has 2 aliphatic heterocycles. The molecule has 2 atom stereocenters. The number of pyridine rings is 2. The second-order valence-electron chi connectivity index (χ2n) is 13.1. The van der Waals surface area contributed by atoms with Gasteiger partial charge in [0.1, 0.15) is 11.6 Å². The fourth-order valence-corrected chi connectivity index (χ4v) is 7.35. The van der Waals surface area contributed by atoms with Crippen LogP contribution in [0.1, 0.15) is 68.4 Å². The number of aryl methyl sites for hydroxylation is 1. The van der Waals surface area contributed by atoms with Gasteiger partial charge in [-0.15, -0.1) is 11.8 Å². The molecule has 246 valence electrons. The number of benzene rings is 1. The number of nitrogens with zero attached hydrogens (tertiary/aromatic N) is 4. The lowest BCUT2D eigenvalue weighted by Gasteiger charge is -2.34. The summed E-state index contributed by atoms with van der Waals surface area (Å²) in [5.74, 6) is 2.14. The molecule has 1 amide bonds. The Morgan fingerprint density at radius 2 is 1.73 bits per heavy atom. The summed E-state index contributed by atoms with van der Waals surface area (Å²) in [6, 6.07) is 14.6. The van der Waals surface area contributed by atoms with Crippen molar-refractivity contribution >= 4 is 35.0 Å². The van der Waals surface area contributed by atoms with E-state index in [9.17, 15) is 4.79 Å². The van der Waals surface area contributed by atoms with Crippen LogP contribution >= 0.6 is 11.8 Å². The number of piperazine rings is 1. The number of thioether (sulfide) groups is 1. The van der Waals surface area contributed by atoms with E-state index in [0.29, 0.717) is 17.7 Å². The molecule has 3 aromatic rings. The highest BCUT2D eigenvalue weighted by molar-refractivity contribution is 8.04. The summed E-state index contributed by atoms with van der Waals surface area (Å²) in [7, 11) is 2.16. The van der Waals surface area contributed by atoms with E-state index in [1.807, 2.05) is 38.4 Å². The first kappa shape index (κ1) is 34.5. The predicted molar refractivity (Wildman–Crippen MR) is 196 cm³/mol. The number of carbonyl (C=O) groups is 1. The van der Waals surface area contributed by atoms with Crippen LogP contribution in [0.15, 0.2) is 65.8 Å². The smallest absolute Gasteiger partial charge is 0.257 e. The van der Waals surface area contributed by atoms with Gasteiger partial charge in [0.25, 0.3) is 5.91 Å². The maximum absolute atomic E-state index is 13.2. The van der Waals surface area contributed by atoms with Crippen molar-refractivity contribution in [3.05, 3.63) is 77.0 Å². The second kappa shape index (κ2) is 15.8. The van der Waals surface area contributed by atoms with Gasteiger partial charge in [-0.3, -0.25) is 4.79 Å². The quantitative estimate of drug-likeness (QED) is 0.270. The van der Waals surface area contributed by atoms with Crippen molar-refractivity contribution < 1.29 is 7.65 Å². The maximum atomic E-state index is 13.2. The Balaban J connectivity index is 0.00000188. The van der Waals surface area contributed by atoms with Crippen molar-refractivity contribution in [2.24, 2.45) is 11.3 Å².